The SMILES string of the molecule is NNC(=O)c1cccc(COc2ccccc2Cl)n1. The van der Waals surface area contributed by atoms with Gasteiger partial charge in [-0.1, -0.05) is 29.8 Å². The van der Waals surface area contributed by atoms with Crippen LogP contribution >= 0.6 is 11.6 Å². The van der Waals surface area contributed by atoms with E-state index >= 15 is 0 Å². The molecule has 0 unspecified atom stereocenters. The van der Waals surface area contributed by atoms with Crippen molar-refractivity contribution in [3.8, 4) is 5.75 Å². The van der Waals surface area contributed by atoms with E-state index in [4.69, 9.17) is 22.2 Å². The molecule has 0 spiro atoms. The first-order valence-electron chi connectivity index (χ1n) is 5.55. The minimum absolute atomic E-state index is 0.218. The van der Waals surface area contributed by atoms with Gasteiger partial charge in [-0.3, -0.25) is 10.2 Å². The monoisotopic (exact) mass is 277 g/mol. The van der Waals surface area contributed by atoms with Crippen LogP contribution in [0.2, 0.25) is 5.02 Å². The number of carbonyl (C=O) groups excluding carboxylic acids is 1. The summed E-state index contributed by atoms with van der Waals surface area (Å²) in [5.41, 5.74) is 2.88. The van der Waals surface area contributed by atoms with E-state index in [9.17, 15) is 4.79 Å². The number of para-hydroxylation sites is 1. The second-order valence-electron chi connectivity index (χ2n) is 3.71. The summed E-state index contributed by atoms with van der Waals surface area (Å²) in [5.74, 6) is 5.18. The summed E-state index contributed by atoms with van der Waals surface area (Å²) in [6.07, 6.45) is 0. The summed E-state index contributed by atoms with van der Waals surface area (Å²) in [5, 5.41) is 0.526. The maximum absolute atomic E-state index is 11.3. The summed E-state index contributed by atoms with van der Waals surface area (Å²) >= 11 is 5.97. The van der Waals surface area contributed by atoms with Crippen LogP contribution in [0.15, 0.2) is 42.5 Å². The van der Waals surface area contributed by atoms with E-state index in [-0.39, 0.29) is 12.3 Å². The van der Waals surface area contributed by atoms with Crippen molar-refractivity contribution >= 4 is 17.5 Å². The van der Waals surface area contributed by atoms with E-state index in [1.54, 1.807) is 30.3 Å². The van der Waals surface area contributed by atoms with E-state index in [1.807, 2.05) is 17.6 Å². The Balaban J connectivity index is 2.08. The van der Waals surface area contributed by atoms with Gasteiger partial charge in [-0.2, -0.15) is 0 Å². The van der Waals surface area contributed by atoms with Crippen LogP contribution in [0.4, 0.5) is 0 Å². The number of ether oxygens (including phenoxy) is 1. The fourth-order valence-electron chi connectivity index (χ4n) is 1.47. The van der Waals surface area contributed by atoms with Gasteiger partial charge in [0.05, 0.1) is 10.7 Å². The Kier molecular flexibility index (Phi) is 4.33. The summed E-state index contributed by atoms with van der Waals surface area (Å²) in [4.78, 5) is 15.5. The van der Waals surface area contributed by atoms with Crippen molar-refractivity contribution in [3.63, 3.8) is 0 Å². The molecule has 1 heterocycles. The lowest BCUT2D eigenvalue weighted by Gasteiger charge is -2.08. The van der Waals surface area contributed by atoms with E-state index in [2.05, 4.69) is 4.98 Å². The molecule has 98 valence electrons. The Morgan fingerprint density at radius 3 is 2.79 bits per heavy atom. The normalized spacial score (nSPS) is 10.0. The number of hydrazine groups is 1. The summed E-state index contributed by atoms with van der Waals surface area (Å²) in [6.45, 7) is 0.218. The van der Waals surface area contributed by atoms with Gasteiger partial charge in [-0.25, -0.2) is 10.8 Å². The van der Waals surface area contributed by atoms with Crippen LogP contribution < -0.4 is 16.0 Å². The Labute approximate surface area is 115 Å². The molecule has 1 aromatic heterocycles. The second kappa shape index (κ2) is 6.17. The molecular formula is C13H12ClN3O2. The summed E-state index contributed by atoms with van der Waals surface area (Å²) in [6, 6.07) is 12.2. The molecule has 2 aromatic rings. The Morgan fingerprint density at radius 1 is 1.26 bits per heavy atom. The number of hydrogen-bond donors (Lipinski definition) is 2. The average Bonchev–Trinajstić information content (AvgIpc) is 2.46. The van der Waals surface area contributed by atoms with Gasteiger partial charge in [-0.05, 0) is 24.3 Å². The van der Waals surface area contributed by atoms with Crippen LogP contribution in [0.5, 0.6) is 5.75 Å². The largest absolute Gasteiger partial charge is 0.486 e. The van der Waals surface area contributed by atoms with E-state index in [0.29, 0.717) is 16.5 Å². The van der Waals surface area contributed by atoms with Crippen molar-refractivity contribution in [2.45, 2.75) is 6.61 Å². The first kappa shape index (κ1) is 13.3. The highest BCUT2D eigenvalue weighted by Crippen LogP contribution is 2.23. The standard InChI is InChI=1S/C13H12ClN3O2/c14-10-5-1-2-7-12(10)19-8-9-4-3-6-11(16-9)13(18)17-15/h1-7H,8,15H2,(H,17,18). The molecule has 5 nitrogen and oxygen atoms in total. The molecule has 0 radical (unpaired) electrons. The van der Waals surface area contributed by atoms with Crippen molar-refractivity contribution in [1.82, 2.24) is 10.4 Å². The lowest BCUT2D eigenvalue weighted by Crippen LogP contribution is -2.30. The molecule has 0 aliphatic heterocycles. The third kappa shape index (κ3) is 3.43. The van der Waals surface area contributed by atoms with Crippen molar-refractivity contribution in [2.24, 2.45) is 5.84 Å². The maximum atomic E-state index is 11.3. The molecule has 0 fully saturated rings. The average molecular weight is 278 g/mol. The number of nitrogen functional groups attached to an aromatic ring is 1. The number of nitrogens with one attached hydrogen (secondary N) is 1. The molecule has 6 heteroatoms. The molecular weight excluding hydrogens is 266 g/mol. The number of pyridine rings is 1. The molecule has 1 amide bonds. The smallest absolute Gasteiger partial charge is 0.283 e. The third-order valence-electron chi connectivity index (χ3n) is 2.38. The van der Waals surface area contributed by atoms with Gasteiger partial charge in [0.15, 0.2) is 0 Å². The van der Waals surface area contributed by atoms with Gasteiger partial charge < -0.3 is 4.74 Å². The minimum atomic E-state index is -0.445. The zero-order chi connectivity index (χ0) is 13.7. The Hall–Kier alpha value is -2.11. The van der Waals surface area contributed by atoms with Gasteiger partial charge in [0.2, 0.25) is 0 Å². The second-order valence-corrected chi connectivity index (χ2v) is 4.11. The number of carbonyl (C=O) groups is 1. The first-order valence-corrected chi connectivity index (χ1v) is 5.92. The third-order valence-corrected chi connectivity index (χ3v) is 2.69. The predicted octanol–water partition coefficient (Wildman–Crippen LogP) is 1.92. The highest BCUT2D eigenvalue weighted by atomic mass is 35.5. The Bertz CT molecular complexity index is 590. The number of hydrogen-bond acceptors (Lipinski definition) is 4. The number of benzene rings is 1. The number of nitrogens with two attached hydrogens (primary N) is 1. The van der Waals surface area contributed by atoms with Gasteiger partial charge in [-0.15, -0.1) is 0 Å². The summed E-state index contributed by atoms with van der Waals surface area (Å²) in [7, 11) is 0. The van der Waals surface area contributed by atoms with Gasteiger partial charge in [0.25, 0.3) is 5.91 Å². The lowest BCUT2D eigenvalue weighted by atomic mass is 10.3. The fourth-order valence-corrected chi connectivity index (χ4v) is 1.66. The number of nitrogens with zero attached hydrogens (tertiary/aromatic N) is 1. The van der Waals surface area contributed by atoms with Crippen LogP contribution in [0.25, 0.3) is 0 Å². The van der Waals surface area contributed by atoms with Crippen LogP contribution in [-0.4, -0.2) is 10.9 Å². The number of halogens is 1. The quantitative estimate of drug-likeness (QED) is 0.508. The molecule has 0 bridgehead atoms. The molecule has 2 rings (SSSR count). The van der Waals surface area contributed by atoms with Crippen LogP contribution in [0.3, 0.4) is 0 Å². The maximum Gasteiger partial charge on any atom is 0.283 e. The number of rotatable bonds is 4. The van der Waals surface area contributed by atoms with E-state index in [0.717, 1.165) is 0 Å². The van der Waals surface area contributed by atoms with Crippen molar-refractivity contribution < 1.29 is 9.53 Å². The lowest BCUT2D eigenvalue weighted by molar-refractivity contribution is 0.0948. The minimum Gasteiger partial charge on any atom is -0.486 e. The van der Waals surface area contributed by atoms with Gasteiger partial charge in [0.1, 0.15) is 18.1 Å². The first-order chi connectivity index (χ1) is 9.20. The van der Waals surface area contributed by atoms with Gasteiger partial charge >= 0.3 is 0 Å². The zero-order valence-electron chi connectivity index (χ0n) is 9.97. The predicted molar refractivity (Wildman–Crippen MR) is 71.7 cm³/mol. The van der Waals surface area contributed by atoms with Crippen LogP contribution in [0.1, 0.15) is 16.2 Å². The molecule has 19 heavy (non-hydrogen) atoms. The molecule has 0 atom stereocenters. The number of aromatic nitrogens is 1. The molecule has 0 aliphatic carbocycles. The Morgan fingerprint density at radius 2 is 2.05 bits per heavy atom. The highest BCUT2D eigenvalue weighted by Gasteiger charge is 2.07. The van der Waals surface area contributed by atoms with E-state index in [1.165, 1.54) is 0 Å². The van der Waals surface area contributed by atoms with E-state index < -0.39 is 5.91 Å². The number of amides is 1. The van der Waals surface area contributed by atoms with Crippen molar-refractivity contribution in [1.29, 1.82) is 0 Å². The molecule has 0 saturated heterocycles. The van der Waals surface area contributed by atoms with Crippen molar-refractivity contribution in [2.75, 3.05) is 0 Å². The zero-order valence-corrected chi connectivity index (χ0v) is 10.7. The van der Waals surface area contributed by atoms with Crippen LogP contribution in [-0.2, 0) is 6.61 Å². The van der Waals surface area contributed by atoms with Crippen molar-refractivity contribution in [3.05, 3.63) is 58.9 Å². The molecule has 0 saturated carbocycles. The fraction of sp³-hybridized carbons (Fsp3) is 0.0769. The highest BCUT2D eigenvalue weighted by molar-refractivity contribution is 6.32. The summed E-state index contributed by atoms with van der Waals surface area (Å²) < 4.78 is 5.53. The molecule has 1 aromatic carbocycles. The molecule has 3 N–H and O–H groups in total. The van der Waals surface area contributed by atoms with Crippen LogP contribution in [0, 0.1) is 0 Å². The van der Waals surface area contributed by atoms with Gasteiger partial charge in [0, 0.05) is 0 Å². The topological polar surface area (TPSA) is 77.2 Å². The molecule has 0 aliphatic rings.